The monoisotopic (exact) mass is 477 g/mol. The van der Waals surface area contributed by atoms with E-state index in [1.807, 2.05) is 6.07 Å². The molecular weight excluding hydrogens is 445 g/mol. The van der Waals surface area contributed by atoms with Crippen LogP contribution in [0.2, 0.25) is 0 Å². The predicted octanol–water partition coefficient (Wildman–Crippen LogP) is 4.58. The average Bonchev–Trinajstić information content (AvgIpc) is 3.22. The molecule has 0 unspecified atom stereocenters. The standard InChI is InChI=1S/C27H32FN5O2/c1-35-26(34)21-17-22(32-15-11-27(12-16-32)9-13-29-14-10-27)23-24(18-3-2-4-18)31-33(25(23)30-21)20-7-5-19(28)6-8-20/h5-8,17-18,29H,2-4,9-16H2,1H3. The van der Waals surface area contributed by atoms with E-state index in [4.69, 9.17) is 14.8 Å². The smallest absolute Gasteiger partial charge is 0.356 e. The maximum absolute atomic E-state index is 13.7. The number of fused-ring (bicyclic) bond motifs is 1. The second-order valence-corrected chi connectivity index (χ2v) is 10.4. The zero-order chi connectivity index (χ0) is 24.0. The molecule has 184 valence electrons. The molecule has 0 bridgehead atoms. The number of nitrogens with one attached hydrogen (secondary N) is 1. The molecule has 1 aromatic carbocycles. The van der Waals surface area contributed by atoms with E-state index in [9.17, 15) is 9.18 Å². The van der Waals surface area contributed by atoms with Crippen molar-refractivity contribution < 1.29 is 13.9 Å². The van der Waals surface area contributed by atoms with Gasteiger partial charge in [0.15, 0.2) is 11.3 Å². The fourth-order valence-electron chi connectivity index (χ4n) is 5.99. The molecule has 3 fully saturated rings. The van der Waals surface area contributed by atoms with E-state index in [1.165, 1.54) is 38.5 Å². The summed E-state index contributed by atoms with van der Waals surface area (Å²) >= 11 is 0. The lowest BCUT2D eigenvalue weighted by Crippen LogP contribution is -2.45. The molecule has 2 saturated heterocycles. The molecule has 1 aliphatic carbocycles. The molecule has 0 amide bonds. The number of methoxy groups -OCH3 is 1. The number of aromatic nitrogens is 3. The van der Waals surface area contributed by atoms with Crippen LogP contribution in [0.4, 0.5) is 10.1 Å². The van der Waals surface area contributed by atoms with Crippen molar-refractivity contribution in [3.8, 4) is 5.69 Å². The highest BCUT2D eigenvalue weighted by Crippen LogP contribution is 2.45. The van der Waals surface area contributed by atoms with E-state index in [1.54, 1.807) is 16.8 Å². The van der Waals surface area contributed by atoms with Crippen molar-refractivity contribution >= 4 is 22.7 Å². The van der Waals surface area contributed by atoms with Crippen LogP contribution in [-0.2, 0) is 4.74 Å². The maximum atomic E-state index is 13.7. The summed E-state index contributed by atoms with van der Waals surface area (Å²) in [7, 11) is 1.38. The number of anilines is 1. The Morgan fingerprint density at radius 3 is 2.46 bits per heavy atom. The largest absolute Gasteiger partial charge is 0.464 e. The third-order valence-corrected chi connectivity index (χ3v) is 8.43. The zero-order valence-corrected chi connectivity index (χ0v) is 20.2. The van der Waals surface area contributed by atoms with Crippen LogP contribution in [0.5, 0.6) is 0 Å². The van der Waals surface area contributed by atoms with Crippen LogP contribution in [0, 0.1) is 11.2 Å². The Morgan fingerprint density at radius 1 is 1.11 bits per heavy atom. The first-order valence-electron chi connectivity index (χ1n) is 12.8. The summed E-state index contributed by atoms with van der Waals surface area (Å²) < 4.78 is 20.5. The molecule has 4 heterocycles. The Bertz CT molecular complexity index is 1230. The quantitative estimate of drug-likeness (QED) is 0.555. The molecule has 1 spiro atoms. The zero-order valence-electron chi connectivity index (χ0n) is 20.2. The highest BCUT2D eigenvalue weighted by molar-refractivity contribution is 5.99. The highest BCUT2D eigenvalue weighted by atomic mass is 19.1. The first kappa shape index (κ1) is 22.5. The summed E-state index contributed by atoms with van der Waals surface area (Å²) in [6.45, 7) is 4.10. The molecule has 6 rings (SSSR count). The SMILES string of the molecule is COC(=O)c1cc(N2CCC3(CCNCC3)CC2)c2c(C3CCC3)nn(-c3ccc(F)cc3)c2n1. The Kier molecular flexibility index (Phi) is 5.71. The minimum atomic E-state index is -0.461. The molecule has 35 heavy (non-hydrogen) atoms. The Hall–Kier alpha value is -3.00. The number of esters is 1. The van der Waals surface area contributed by atoms with Gasteiger partial charge in [0.1, 0.15) is 5.82 Å². The van der Waals surface area contributed by atoms with Gasteiger partial charge in [0, 0.05) is 19.0 Å². The average molecular weight is 478 g/mol. The molecule has 1 N–H and O–H groups in total. The molecule has 1 saturated carbocycles. The maximum Gasteiger partial charge on any atom is 0.356 e. The predicted molar refractivity (Wildman–Crippen MR) is 133 cm³/mol. The van der Waals surface area contributed by atoms with Crippen LogP contribution in [0.15, 0.2) is 30.3 Å². The number of piperidine rings is 2. The van der Waals surface area contributed by atoms with Gasteiger partial charge in [-0.1, -0.05) is 6.42 Å². The van der Waals surface area contributed by atoms with E-state index in [2.05, 4.69) is 10.2 Å². The summed E-state index contributed by atoms with van der Waals surface area (Å²) in [6, 6.07) is 8.17. The topological polar surface area (TPSA) is 72.3 Å². The summed E-state index contributed by atoms with van der Waals surface area (Å²) in [5.74, 6) is -0.380. The molecule has 3 aliphatic rings. The molecule has 3 aromatic rings. The van der Waals surface area contributed by atoms with Crippen molar-refractivity contribution in [3.05, 3.63) is 47.5 Å². The number of carbonyl (C=O) groups is 1. The fourth-order valence-corrected chi connectivity index (χ4v) is 5.99. The van der Waals surface area contributed by atoms with Crippen molar-refractivity contribution in [1.29, 1.82) is 0 Å². The van der Waals surface area contributed by atoms with Crippen molar-refractivity contribution in [2.75, 3.05) is 38.2 Å². The lowest BCUT2D eigenvalue weighted by atomic mass is 9.71. The number of pyridine rings is 1. The van der Waals surface area contributed by atoms with Crippen LogP contribution in [0.25, 0.3) is 16.7 Å². The summed E-state index contributed by atoms with van der Waals surface area (Å²) in [6.07, 6.45) is 8.16. The second kappa shape index (κ2) is 8.90. The summed E-state index contributed by atoms with van der Waals surface area (Å²) in [4.78, 5) is 19.8. The molecular formula is C27H32FN5O2. The minimum absolute atomic E-state index is 0.278. The first-order valence-corrected chi connectivity index (χ1v) is 12.8. The van der Waals surface area contributed by atoms with Crippen LogP contribution >= 0.6 is 0 Å². The number of halogens is 1. The Balaban J connectivity index is 1.48. The third kappa shape index (κ3) is 3.97. The van der Waals surface area contributed by atoms with Crippen LogP contribution in [0.1, 0.15) is 67.0 Å². The number of hydrogen-bond acceptors (Lipinski definition) is 6. The second-order valence-electron chi connectivity index (χ2n) is 10.4. The van der Waals surface area contributed by atoms with Gasteiger partial charge in [0.25, 0.3) is 0 Å². The number of ether oxygens (including phenoxy) is 1. The van der Waals surface area contributed by atoms with Gasteiger partial charge < -0.3 is 15.0 Å². The number of carbonyl (C=O) groups excluding carboxylic acids is 1. The molecule has 0 atom stereocenters. The molecule has 7 nitrogen and oxygen atoms in total. The van der Waals surface area contributed by atoms with Crippen LogP contribution < -0.4 is 10.2 Å². The van der Waals surface area contributed by atoms with Gasteiger partial charge >= 0.3 is 5.97 Å². The van der Waals surface area contributed by atoms with Gasteiger partial charge in [-0.3, -0.25) is 0 Å². The van der Waals surface area contributed by atoms with Gasteiger partial charge in [-0.05, 0) is 87.4 Å². The number of hydrogen-bond donors (Lipinski definition) is 1. The van der Waals surface area contributed by atoms with E-state index in [0.29, 0.717) is 17.0 Å². The molecule has 2 aliphatic heterocycles. The van der Waals surface area contributed by atoms with Gasteiger partial charge in [0.05, 0.1) is 29.6 Å². The Morgan fingerprint density at radius 2 is 1.83 bits per heavy atom. The van der Waals surface area contributed by atoms with Gasteiger partial charge in [-0.25, -0.2) is 18.9 Å². The number of nitrogens with zero attached hydrogens (tertiary/aromatic N) is 4. The summed E-state index contributed by atoms with van der Waals surface area (Å²) in [5.41, 5.74) is 4.13. The van der Waals surface area contributed by atoms with E-state index >= 15 is 0 Å². The van der Waals surface area contributed by atoms with E-state index < -0.39 is 5.97 Å². The first-order chi connectivity index (χ1) is 17.1. The molecule has 8 heteroatoms. The van der Waals surface area contributed by atoms with Crippen molar-refractivity contribution in [3.63, 3.8) is 0 Å². The summed E-state index contributed by atoms with van der Waals surface area (Å²) in [5, 5.41) is 9.54. The minimum Gasteiger partial charge on any atom is -0.464 e. The lowest BCUT2D eigenvalue weighted by molar-refractivity contribution is 0.0594. The Labute approximate surface area is 204 Å². The van der Waals surface area contributed by atoms with Gasteiger partial charge in [-0.15, -0.1) is 0 Å². The van der Waals surface area contributed by atoms with E-state index in [-0.39, 0.29) is 11.5 Å². The lowest BCUT2D eigenvalue weighted by Gasteiger charge is -2.45. The van der Waals surface area contributed by atoms with Crippen molar-refractivity contribution in [1.82, 2.24) is 20.1 Å². The highest BCUT2D eigenvalue weighted by Gasteiger charge is 2.37. The van der Waals surface area contributed by atoms with E-state index in [0.717, 1.165) is 74.3 Å². The van der Waals surface area contributed by atoms with Crippen LogP contribution in [0.3, 0.4) is 0 Å². The van der Waals surface area contributed by atoms with Crippen molar-refractivity contribution in [2.24, 2.45) is 5.41 Å². The number of rotatable bonds is 4. The molecule has 2 aromatic heterocycles. The molecule has 0 radical (unpaired) electrons. The van der Waals surface area contributed by atoms with Gasteiger partial charge in [0.2, 0.25) is 0 Å². The normalized spacial score (nSPS) is 20.2. The van der Waals surface area contributed by atoms with Crippen LogP contribution in [-0.4, -0.2) is 54.0 Å². The van der Waals surface area contributed by atoms with Gasteiger partial charge in [-0.2, -0.15) is 5.10 Å². The fraction of sp³-hybridized carbons (Fsp3) is 0.519. The third-order valence-electron chi connectivity index (χ3n) is 8.43. The number of benzene rings is 1. The van der Waals surface area contributed by atoms with Crippen molar-refractivity contribution in [2.45, 2.75) is 50.9 Å².